The lowest BCUT2D eigenvalue weighted by molar-refractivity contribution is -0.142. The van der Waals surface area contributed by atoms with Crippen LogP contribution in [0.3, 0.4) is 0 Å². The molecule has 0 unspecified atom stereocenters. The third-order valence-corrected chi connectivity index (χ3v) is 5.02. The van der Waals surface area contributed by atoms with Crippen LogP contribution in [0.5, 0.6) is 0 Å². The van der Waals surface area contributed by atoms with Crippen molar-refractivity contribution in [3.8, 4) is 11.4 Å². The van der Waals surface area contributed by atoms with Crippen molar-refractivity contribution in [1.82, 2.24) is 24.5 Å². The Bertz CT molecular complexity index is 1190. The zero-order chi connectivity index (χ0) is 19.3. The number of nitrogens with zero attached hydrogens (tertiary/aromatic N) is 4. The SMILES string of the molecule is C[C@H]([C@@H](C)C(=O)O)n1cc(F)c2cnc(-c3c[nH]c4ncc(Cl)cc34)nc21. The lowest BCUT2D eigenvalue weighted by atomic mass is 10.0. The monoisotopic (exact) mass is 387 g/mol. The van der Waals surface area contributed by atoms with E-state index in [1.807, 2.05) is 0 Å². The smallest absolute Gasteiger partial charge is 0.308 e. The molecule has 2 atom stereocenters. The van der Waals surface area contributed by atoms with Gasteiger partial charge >= 0.3 is 5.97 Å². The van der Waals surface area contributed by atoms with Crippen LogP contribution < -0.4 is 0 Å². The first-order valence-corrected chi connectivity index (χ1v) is 8.63. The van der Waals surface area contributed by atoms with Gasteiger partial charge in [0.05, 0.1) is 16.3 Å². The van der Waals surface area contributed by atoms with Crippen molar-refractivity contribution in [3.05, 3.63) is 41.7 Å². The minimum absolute atomic E-state index is 0.235. The molecule has 0 saturated carbocycles. The van der Waals surface area contributed by atoms with Crippen LogP contribution in [-0.4, -0.2) is 35.6 Å². The van der Waals surface area contributed by atoms with Crippen molar-refractivity contribution in [2.24, 2.45) is 5.92 Å². The molecule has 4 rings (SSSR count). The summed E-state index contributed by atoms with van der Waals surface area (Å²) in [5.74, 6) is -1.80. The third-order valence-electron chi connectivity index (χ3n) is 4.81. The summed E-state index contributed by atoms with van der Waals surface area (Å²) in [5, 5.41) is 10.7. The van der Waals surface area contributed by atoms with Crippen LogP contribution >= 0.6 is 11.6 Å². The van der Waals surface area contributed by atoms with Gasteiger partial charge in [0, 0.05) is 41.8 Å². The lowest BCUT2D eigenvalue weighted by Crippen LogP contribution is -2.21. The lowest BCUT2D eigenvalue weighted by Gasteiger charge is -2.18. The van der Waals surface area contributed by atoms with E-state index >= 15 is 0 Å². The third kappa shape index (κ3) is 2.82. The van der Waals surface area contributed by atoms with E-state index in [-0.39, 0.29) is 5.39 Å². The van der Waals surface area contributed by atoms with Gasteiger partial charge in [-0.15, -0.1) is 0 Å². The van der Waals surface area contributed by atoms with Gasteiger partial charge in [0.25, 0.3) is 0 Å². The molecule has 27 heavy (non-hydrogen) atoms. The minimum Gasteiger partial charge on any atom is -0.481 e. The number of H-pyrrole nitrogens is 1. The molecule has 4 heterocycles. The van der Waals surface area contributed by atoms with Crippen LogP contribution in [0, 0.1) is 11.7 Å². The van der Waals surface area contributed by atoms with Crippen LogP contribution in [0.1, 0.15) is 19.9 Å². The molecule has 0 aliphatic carbocycles. The van der Waals surface area contributed by atoms with Gasteiger partial charge in [0.1, 0.15) is 11.3 Å². The zero-order valence-electron chi connectivity index (χ0n) is 14.4. The number of carbonyl (C=O) groups is 1. The topological polar surface area (TPSA) is 96.7 Å². The van der Waals surface area contributed by atoms with E-state index in [1.54, 1.807) is 26.1 Å². The number of hydrogen-bond acceptors (Lipinski definition) is 4. The molecule has 0 aliphatic rings. The fourth-order valence-corrected chi connectivity index (χ4v) is 3.20. The zero-order valence-corrected chi connectivity index (χ0v) is 15.2. The molecule has 7 nitrogen and oxygen atoms in total. The molecule has 0 saturated heterocycles. The standard InChI is InChI=1S/C18H15ClFN5O2/c1-8(18(26)27)9(2)25-7-14(20)13-6-23-16(24-17(13)25)12-5-22-15-11(12)3-10(19)4-21-15/h3-9H,1-2H3,(H,21,22)(H,26,27)/t8-,9-/m1/s1. The molecule has 0 radical (unpaired) electrons. The maximum absolute atomic E-state index is 14.3. The fraction of sp³-hybridized carbons (Fsp3) is 0.222. The largest absolute Gasteiger partial charge is 0.481 e. The Morgan fingerprint density at radius 2 is 2.07 bits per heavy atom. The molecular weight excluding hydrogens is 373 g/mol. The van der Waals surface area contributed by atoms with Crippen molar-refractivity contribution in [1.29, 1.82) is 0 Å². The van der Waals surface area contributed by atoms with Gasteiger partial charge < -0.3 is 14.7 Å². The number of aromatic nitrogens is 5. The van der Waals surface area contributed by atoms with Crippen molar-refractivity contribution in [2.75, 3.05) is 0 Å². The summed E-state index contributed by atoms with van der Waals surface area (Å²) in [6, 6.07) is 1.26. The van der Waals surface area contributed by atoms with Gasteiger partial charge in [-0.2, -0.15) is 0 Å². The van der Waals surface area contributed by atoms with E-state index in [4.69, 9.17) is 11.6 Å². The predicted molar refractivity (Wildman–Crippen MR) is 99.1 cm³/mol. The Kier molecular flexibility index (Phi) is 4.07. The highest BCUT2D eigenvalue weighted by Gasteiger charge is 2.24. The highest BCUT2D eigenvalue weighted by Crippen LogP contribution is 2.30. The van der Waals surface area contributed by atoms with Gasteiger partial charge in [-0.3, -0.25) is 4.79 Å². The van der Waals surface area contributed by atoms with Crippen LogP contribution in [0.2, 0.25) is 5.02 Å². The Labute approximate surface area is 157 Å². The highest BCUT2D eigenvalue weighted by atomic mass is 35.5. The average molecular weight is 388 g/mol. The van der Waals surface area contributed by atoms with E-state index in [1.165, 1.54) is 23.2 Å². The van der Waals surface area contributed by atoms with Crippen LogP contribution in [0.25, 0.3) is 33.5 Å². The Hall–Kier alpha value is -3.00. The number of hydrogen-bond donors (Lipinski definition) is 2. The summed E-state index contributed by atoms with van der Waals surface area (Å²) >= 11 is 6.04. The first-order chi connectivity index (χ1) is 12.9. The number of aliphatic carboxylic acids is 1. The fourth-order valence-electron chi connectivity index (χ4n) is 3.04. The molecule has 138 valence electrons. The molecule has 0 aliphatic heterocycles. The molecule has 0 fully saturated rings. The normalized spacial score (nSPS) is 13.9. The van der Waals surface area contributed by atoms with Crippen LogP contribution in [-0.2, 0) is 4.79 Å². The maximum Gasteiger partial charge on any atom is 0.308 e. The molecule has 4 aromatic rings. The summed E-state index contributed by atoms with van der Waals surface area (Å²) in [6.45, 7) is 3.29. The van der Waals surface area contributed by atoms with Gasteiger partial charge in [-0.05, 0) is 19.9 Å². The molecule has 0 amide bonds. The molecule has 2 N–H and O–H groups in total. The molecule has 0 spiro atoms. The van der Waals surface area contributed by atoms with Crippen LogP contribution in [0.15, 0.2) is 30.9 Å². The number of carboxylic acids is 1. The number of fused-ring (bicyclic) bond motifs is 2. The molecule has 9 heteroatoms. The quantitative estimate of drug-likeness (QED) is 0.550. The Morgan fingerprint density at radius 1 is 1.30 bits per heavy atom. The Morgan fingerprint density at radius 3 is 2.81 bits per heavy atom. The number of carboxylic acid groups (broad SMARTS) is 1. The summed E-state index contributed by atoms with van der Waals surface area (Å²) in [5.41, 5.74) is 1.64. The number of pyridine rings is 1. The van der Waals surface area contributed by atoms with E-state index < -0.39 is 23.7 Å². The number of aromatic amines is 1. The highest BCUT2D eigenvalue weighted by molar-refractivity contribution is 6.31. The van der Waals surface area contributed by atoms with E-state index in [0.717, 1.165) is 5.39 Å². The maximum atomic E-state index is 14.3. The van der Waals surface area contributed by atoms with Crippen molar-refractivity contribution in [2.45, 2.75) is 19.9 Å². The Balaban J connectivity index is 1.90. The van der Waals surface area contributed by atoms with E-state index in [0.29, 0.717) is 27.7 Å². The summed E-state index contributed by atoms with van der Waals surface area (Å²) in [4.78, 5) is 27.3. The van der Waals surface area contributed by atoms with Gasteiger partial charge in [-0.25, -0.2) is 19.3 Å². The molecule has 0 bridgehead atoms. The molecule has 4 aromatic heterocycles. The first-order valence-electron chi connectivity index (χ1n) is 8.25. The van der Waals surface area contributed by atoms with Crippen molar-refractivity contribution < 1.29 is 14.3 Å². The van der Waals surface area contributed by atoms with Gasteiger partial charge in [0.15, 0.2) is 11.6 Å². The van der Waals surface area contributed by atoms with Crippen molar-refractivity contribution >= 4 is 39.6 Å². The summed E-state index contributed by atoms with van der Waals surface area (Å²) in [6.07, 6.45) is 5.91. The molecule has 0 aromatic carbocycles. The van der Waals surface area contributed by atoms with E-state index in [2.05, 4.69) is 19.9 Å². The second-order valence-electron chi connectivity index (χ2n) is 6.43. The van der Waals surface area contributed by atoms with Crippen molar-refractivity contribution in [3.63, 3.8) is 0 Å². The number of halogens is 2. The minimum atomic E-state index is -0.962. The van der Waals surface area contributed by atoms with Gasteiger partial charge in [-0.1, -0.05) is 11.6 Å². The van der Waals surface area contributed by atoms with E-state index in [9.17, 15) is 14.3 Å². The number of rotatable bonds is 4. The predicted octanol–water partition coefficient (Wildman–Crippen LogP) is 4.05. The summed E-state index contributed by atoms with van der Waals surface area (Å²) in [7, 11) is 0. The number of nitrogens with one attached hydrogen (secondary N) is 1. The van der Waals surface area contributed by atoms with Crippen LogP contribution in [0.4, 0.5) is 4.39 Å². The second-order valence-corrected chi connectivity index (χ2v) is 6.87. The van der Waals surface area contributed by atoms with Gasteiger partial charge in [0.2, 0.25) is 0 Å². The first kappa shape index (κ1) is 17.4. The average Bonchev–Trinajstić information content (AvgIpc) is 3.21. The molecular formula is C18H15ClFN5O2. The summed E-state index contributed by atoms with van der Waals surface area (Å²) < 4.78 is 15.9. The second kappa shape index (κ2) is 6.31.